The van der Waals surface area contributed by atoms with Crippen molar-refractivity contribution in [2.45, 2.75) is 25.4 Å². The highest BCUT2D eigenvalue weighted by Crippen LogP contribution is 2.28. The van der Waals surface area contributed by atoms with Gasteiger partial charge in [0.15, 0.2) is 0 Å². The Hall–Kier alpha value is -3.82. The number of allylic oxidation sites excluding steroid dienone is 1. The molecule has 0 spiro atoms. The van der Waals surface area contributed by atoms with E-state index >= 15 is 0 Å². The molecule has 1 aromatic rings. The minimum Gasteiger partial charge on any atom is -0.495 e. The Bertz CT molecular complexity index is 952. The van der Waals surface area contributed by atoms with Crippen LogP contribution in [0.25, 0.3) is 0 Å². The summed E-state index contributed by atoms with van der Waals surface area (Å²) in [5, 5.41) is 4.76. The lowest BCUT2D eigenvalue weighted by atomic mass is 10.0. The van der Waals surface area contributed by atoms with E-state index in [1.54, 1.807) is 12.1 Å². The second kappa shape index (κ2) is 8.05. The molecule has 10 heteroatoms. The summed E-state index contributed by atoms with van der Waals surface area (Å²) in [6.45, 7) is 0.177. The number of nitrogens with one attached hydrogen (secondary N) is 2. The number of fused-ring (bicyclic) bond motifs is 1. The van der Waals surface area contributed by atoms with Crippen molar-refractivity contribution < 1.29 is 23.9 Å². The van der Waals surface area contributed by atoms with Crippen molar-refractivity contribution in [3.05, 3.63) is 58.7 Å². The molecule has 0 radical (unpaired) electrons. The molecule has 10 nitrogen and oxygen atoms in total. The molecule has 152 valence electrons. The maximum atomic E-state index is 12.7. The van der Waals surface area contributed by atoms with Crippen LogP contribution >= 0.6 is 0 Å². The molecule has 4 amide bonds. The monoisotopic (exact) mass is 399 g/mol. The average molecular weight is 399 g/mol. The van der Waals surface area contributed by atoms with Crippen molar-refractivity contribution in [1.29, 1.82) is 0 Å². The van der Waals surface area contributed by atoms with E-state index in [1.807, 2.05) is 0 Å². The molecule has 2 aliphatic rings. The zero-order valence-corrected chi connectivity index (χ0v) is 15.7. The Morgan fingerprint density at radius 2 is 2.10 bits per heavy atom. The Balaban J connectivity index is 1.75. The molecule has 6 N–H and O–H groups in total. The molecule has 2 aliphatic heterocycles. The van der Waals surface area contributed by atoms with Gasteiger partial charge in [0.25, 0.3) is 11.8 Å². The third-order valence-corrected chi connectivity index (χ3v) is 4.74. The molecule has 0 aromatic heterocycles. The van der Waals surface area contributed by atoms with Gasteiger partial charge in [0.05, 0.1) is 7.11 Å². The van der Waals surface area contributed by atoms with E-state index in [2.05, 4.69) is 10.6 Å². The highest BCUT2D eigenvalue weighted by molar-refractivity contribution is 6.06. The van der Waals surface area contributed by atoms with Gasteiger partial charge in [0.1, 0.15) is 17.6 Å². The third-order valence-electron chi connectivity index (χ3n) is 4.74. The molecule has 2 heterocycles. The van der Waals surface area contributed by atoms with Gasteiger partial charge in [-0.2, -0.15) is 0 Å². The lowest BCUT2D eigenvalue weighted by Gasteiger charge is -2.29. The summed E-state index contributed by atoms with van der Waals surface area (Å²) in [7, 11) is 1.41. The molecule has 1 saturated heterocycles. The number of rotatable bonds is 5. The van der Waals surface area contributed by atoms with Crippen LogP contribution in [0.1, 0.15) is 39.1 Å². The van der Waals surface area contributed by atoms with Crippen LogP contribution in [0.2, 0.25) is 0 Å². The summed E-state index contributed by atoms with van der Waals surface area (Å²) in [6.07, 6.45) is 3.01. The number of piperidine rings is 1. The normalized spacial score (nSPS) is 19.7. The van der Waals surface area contributed by atoms with Gasteiger partial charge in [-0.1, -0.05) is 0 Å². The summed E-state index contributed by atoms with van der Waals surface area (Å²) in [6, 6.07) is 3.92. The molecule has 0 aliphatic carbocycles. The zero-order chi connectivity index (χ0) is 21.1. The Morgan fingerprint density at radius 3 is 2.76 bits per heavy atom. The molecule has 1 fully saturated rings. The number of ether oxygens (including phenoxy) is 1. The van der Waals surface area contributed by atoms with Gasteiger partial charge in [0, 0.05) is 36.4 Å². The van der Waals surface area contributed by atoms with E-state index in [-0.39, 0.29) is 42.8 Å². The lowest BCUT2D eigenvalue weighted by molar-refractivity contribution is -0.136. The quantitative estimate of drug-likeness (QED) is 0.293. The number of hydrogen-bond acceptors (Lipinski definition) is 7. The van der Waals surface area contributed by atoms with E-state index in [4.69, 9.17) is 16.2 Å². The van der Waals surface area contributed by atoms with Crippen molar-refractivity contribution in [2.75, 3.05) is 7.11 Å². The van der Waals surface area contributed by atoms with Crippen LogP contribution < -0.4 is 22.1 Å². The second-order valence-electron chi connectivity index (χ2n) is 6.60. The number of hydrogen-bond donors (Lipinski definition) is 4. The first-order chi connectivity index (χ1) is 13.8. The highest BCUT2D eigenvalue weighted by Gasteiger charge is 2.39. The minimum atomic E-state index is -0.709. The molecular weight excluding hydrogens is 378 g/mol. The van der Waals surface area contributed by atoms with Gasteiger partial charge in [-0.3, -0.25) is 24.5 Å². The van der Waals surface area contributed by atoms with Gasteiger partial charge in [-0.05, 0) is 30.2 Å². The maximum Gasteiger partial charge on any atom is 0.256 e. The average Bonchev–Trinajstić information content (AvgIpc) is 3.01. The smallest absolute Gasteiger partial charge is 0.256 e. The first-order valence-electron chi connectivity index (χ1n) is 8.86. The van der Waals surface area contributed by atoms with Crippen molar-refractivity contribution in [2.24, 2.45) is 11.5 Å². The fraction of sp³-hybridized carbons (Fsp3) is 0.263. The number of methoxy groups -OCH3 is 1. The number of carbonyl (C=O) groups excluding carboxylic acids is 4. The first-order valence-corrected chi connectivity index (χ1v) is 8.86. The highest BCUT2D eigenvalue weighted by atomic mass is 16.5. The Kier molecular flexibility index (Phi) is 5.53. The van der Waals surface area contributed by atoms with E-state index < -0.39 is 17.9 Å². The van der Waals surface area contributed by atoms with E-state index in [9.17, 15) is 19.2 Å². The summed E-state index contributed by atoms with van der Waals surface area (Å²) in [5.74, 6) is -1.29. The number of imide groups is 1. The largest absolute Gasteiger partial charge is 0.495 e. The van der Waals surface area contributed by atoms with Crippen molar-refractivity contribution in [3.8, 4) is 0 Å². The Morgan fingerprint density at radius 1 is 1.34 bits per heavy atom. The van der Waals surface area contributed by atoms with Crippen molar-refractivity contribution in [3.63, 3.8) is 0 Å². The number of nitrogens with two attached hydrogens (primary N) is 2. The van der Waals surface area contributed by atoms with Gasteiger partial charge < -0.3 is 26.4 Å². The van der Waals surface area contributed by atoms with Crippen LogP contribution in [-0.4, -0.2) is 41.7 Å². The first kappa shape index (κ1) is 19.9. The van der Waals surface area contributed by atoms with Crippen molar-refractivity contribution >= 4 is 23.6 Å². The predicted molar refractivity (Wildman–Crippen MR) is 102 cm³/mol. The van der Waals surface area contributed by atoms with Crippen LogP contribution in [0.3, 0.4) is 0 Å². The molecule has 3 rings (SSSR count). The van der Waals surface area contributed by atoms with Gasteiger partial charge in [-0.25, -0.2) is 0 Å². The number of amides is 4. The second-order valence-corrected chi connectivity index (χ2v) is 6.60. The van der Waals surface area contributed by atoms with Crippen LogP contribution in [0.15, 0.2) is 42.1 Å². The standard InChI is InChI=1S/C19H21N5O5/c1-29-12(8-20)7-15(21)22-17(26)10-2-3-13-11(6-10)9-24(19(13)28)14-4-5-16(25)23-18(14)27/h2-3,6-8,14H,4-5,9,20-21H2,1H3,(H,22,26)(H,23,25,27)/b12-8+,15-7+. The van der Waals surface area contributed by atoms with E-state index in [1.165, 1.54) is 30.4 Å². The molecule has 1 aromatic carbocycles. The predicted octanol–water partition coefficient (Wildman–Crippen LogP) is -0.576. The SMILES string of the molecule is COC(/C=C(\N)NC(=O)c1ccc2c(c1)CN(C1CCC(=O)NC1=O)C2=O)=C/N. The summed E-state index contributed by atoms with van der Waals surface area (Å²) in [5.41, 5.74) is 12.5. The third kappa shape index (κ3) is 4.05. The fourth-order valence-corrected chi connectivity index (χ4v) is 3.28. The number of benzene rings is 1. The van der Waals surface area contributed by atoms with Crippen LogP contribution in [0.4, 0.5) is 0 Å². The fourth-order valence-electron chi connectivity index (χ4n) is 3.28. The van der Waals surface area contributed by atoms with Crippen LogP contribution in [0, 0.1) is 0 Å². The summed E-state index contributed by atoms with van der Waals surface area (Å²) in [4.78, 5) is 49.9. The molecule has 1 unspecified atom stereocenters. The summed E-state index contributed by atoms with van der Waals surface area (Å²) >= 11 is 0. The minimum absolute atomic E-state index is 0.0373. The van der Waals surface area contributed by atoms with E-state index in [0.29, 0.717) is 16.7 Å². The van der Waals surface area contributed by atoms with Crippen molar-refractivity contribution in [1.82, 2.24) is 15.5 Å². The summed E-state index contributed by atoms with van der Waals surface area (Å²) < 4.78 is 4.95. The van der Waals surface area contributed by atoms with Gasteiger partial charge in [-0.15, -0.1) is 0 Å². The van der Waals surface area contributed by atoms with E-state index in [0.717, 1.165) is 0 Å². The molecule has 1 atom stereocenters. The zero-order valence-electron chi connectivity index (χ0n) is 15.7. The van der Waals surface area contributed by atoms with Crippen LogP contribution in [-0.2, 0) is 20.9 Å². The molecule has 0 bridgehead atoms. The maximum absolute atomic E-state index is 12.7. The molecule has 29 heavy (non-hydrogen) atoms. The molecule has 0 saturated carbocycles. The van der Waals surface area contributed by atoms with Crippen LogP contribution in [0.5, 0.6) is 0 Å². The topological polar surface area (TPSA) is 157 Å². The number of nitrogens with zero attached hydrogens (tertiary/aromatic N) is 1. The Labute approximate surface area is 166 Å². The van der Waals surface area contributed by atoms with Gasteiger partial charge >= 0.3 is 0 Å². The van der Waals surface area contributed by atoms with Gasteiger partial charge in [0.2, 0.25) is 11.8 Å². The number of carbonyl (C=O) groups is 4. The lowest BCUT2D eigenvalue weighted by Crippen LogP contribution is -2.52. The molecular formula is C19H21N5O5.